The van der Waals surface area contributed by atoms with E-state index in [0.29, 0.717) is 23.4 Å². The molecule has 1 atom stereocenters. The first-order chi connectivity index (χ1) is 9.50. The molecule has 0 aromatic carbocycles. The summed E-state index contributed by atoms with van der Waals surface area (Å²) in [5.41, 5.74) is 5.83. The van der Waals surface area contributed by atoms with Gasteiger partial charge < -0.3 is 15.7 Å². The summed E-state index contributed by atoms with van der Waals surface area (Å²) in [4.78, 5) is 36.2. The number of amides is 2. The molecule has 106 valence electrons. The number of nitrogens with zero attached hydrogens (tertiary/aromatic N) is 1. The molecule has 1 saturated heterocycles. The van der Waals surface area contributed by atoms with E-state index in [9.17, 15) is 14.4 Å². The van der Waals surface area contributed by atoms with E-state index in [4.69, 9.17) is 10.8 Å². The lowest BCUT2D eigenvalue weighted by atomic mass is 10.2. The number of rotatable bonds is 4. The van der Waals surface area contributed by atoms with E-state index in [-0.39, 0.29) is 5.91 Å². The Hall–Kier alpha value is -2.15. The van der Waals surface area contributed by atoms with Crippen molar-refractivity contribution in [2.45, 2.75) is 18.9 Å². The standard InChI is InChI=1S/C13H14N2O4S/c14-12(18)9-2-1-6-15(9)13(19)11-8(5-7-20-11)3-4-10(16)17/h3-5,7,9H,1-2,6H2,(H2,14,18)(H,16,17). The fourth-order valence-corrected chi connectivity index (χ4v) is 3.06. The molecule has 0 aliphatic carbocycles. The normalized spacial score (nSPS) is 18.6. The molecule has 1 unspecified atom stereocenters. The number of likely N-dealkylation sites (tertiary alicyclic amines) is 1. The lowest BCUT2D eigenvalue weighted by Gasteiger charge is -2.21. The minimum Gasteiger partial charge on any atom is -0.478 e. The van der Waals surface area contributed by atoms with Gasteiger partial charge in [-0.15, -0.1) is 11.3 Å². The maximum Gasteiger partial charge on any atom is 0.328 e. The highest BCUT2D eigenvalue weighted by molar-refractivity contribution is 7.12. The zero-order valence-electron chi connectivity index (χ0n) is 10.6. The van der Waals surface area contributed by atoms with Crippen LogP contribution in [0, 0.1) is 0 Å². The van der Waals surface area contributed by atoms with Crippen LogP contribution >= 0.6 is 11.3 Å². The third-order valence-electron chi connectivity index (χ3n) is 3.14. The quantitative estimate of drug-likeness (QED) is 0.807. The molecule has 2 amide bonds. The van der Waals surface area contributed by atoms with Gasteiger partial charge >= 0.3 is 5.97 Å². The Kier molecular flexibility index (Phi) is 4.19. The van der Waals surface area contributed by atoms with Crippen LogP contribution in [0.2, 0.25) is 0 Å². The first-order valence-corrected chi connectivity index (χ1v) is 6.97. The SMILES string of the molecule is NC(=O)C1CCCN1C(=O)c1sccc1C=CC(=O)O. The molecule has 6 nitrogen and oxygen atoms in total. The number of primary amides is 1. The minimum atomic E-state index is -1.08. The Morgan fingerprint density at radius 1 is 1.45 bits per heavy atom. The number of hydrogen-bond acceptors (Lipinski definition) is 4. The van der Waals surface area contributed by atoms with Crippen molar-refractivity contribution in [3.63, 3.8) is 0 Å². The summed E-state index contributed by atoms with van der Waals surface area (Å²) >= 11 is 1.22. The molecule has 7 heteroatoms. The maximum atomic E-state index is 12.4. The molecule has 1 aliphatic rings. The maximum absolute atomic E-state index is 12.4. The highest BCUT2D eigenvalue weighted by atomic mass is 32.1. The average Bonchev–Trinajstić information content (AvgIpc) is 3.04. The number of carboxylic acid groups (broad SMARTS) is 1. The molecule has 2 rings (SSSR count). The van der Waals surface area contributed by atoms with Crippen molar-refractivity contribution in [1.29, 1.82) is 0 Å². The highest BCUT2D eigenvalue weighted by Gasteiger charge is 2.34. The van der Waals surface area contributed by atoms with E-state index in [1.165, 1.54) is 22.3 Å². The molecular weight excluding hydrogens is 280 g/mol. The van der Waals surface area contributed by atoms with Crippen LogP contribution < -0.4 is 5.73 Å². The molecule has 20 heavy (non-hydrogen) atoms. The van der Waals surface area contributed by atoms with Gasteiger partial charge in [0, 0.05) is 12.6 Å². The molecule has 0 radical (unpaired) electrons. The summed E-state index contributed by atoms with van der Waals surface area (Å²) in [6.07, 6.45) is 3.67. The van der Waals surface area contributed by atoms with E-state index < -0.39 is 17.9 Å². The van der Waals surface area contributed by atoms with Crippen molar-refractivity contribution in [2.24, 2.45) is 5.73 Å². The second kappa shape index (κ2) is 5.87. The predicted octanol–water partition coefficient (Wildman–Crippen LogP) is 0.936. The van der Waals surface area contributed by atoms with E-state index in [0.717, 1.165) is 12.5 Å². The van der Waals surface area contributed by atoms with Gasteiger partial charge in [0.05, 0.1) is 4.88 Å². The Morgan fingerprint density at radius 3 is 2.85 bits per heavy atom. The number of carbonyl (C=O) groups is 3. The Morgan fingerprint density at radius 2 is 2.20 bits per heavy atom. The summed E-state index contributed by atoms with van der Waals surface area (Å²) in [5, 5.41) is 10.3. The lowest BCUT2D eigenvalue weighted by Crippen LogP contribution is -2.43. The molecule has 2 heterocycles. The molecule has 0 spiro atoms. The van der Waals surface area contributed by atoms with Crippen LogP contribution in [0.4, 0.5) is 0 Å². The van der Waals surface area contributed by atoms with Crippen molar-refractivity contribution in [2.75, 3.05) is 6.54 Å². The molecule has 0 bridgehead atoms. The van der Waals surface area contributed by atoms with Gasteiger partial charge in [-0.05, 0) is 35.9 Å². The summed E-state index contributed by atoms with van der Waals surface area (Å²) in [6.45, 7) is 0.492. The van der Waals surface area contributed by atoms with Gasteiger partial charge in [-0.3, -0.25) is 9.59 Å². The Bertz CT molecular complexity index is 579. The van der Waals surface area contributed by atoms with E-state index in [2.05, 4.69) is 0 Å². The van der Waals surface area contributed by atoms with Crippen LogP contribution in [0.1, 0.15) is 28.1 Å². The molecule has 1 aromatic rings. The number of carboxylic acids is 1. The first kappa shape index (κ1) is 14.3. The zero-order chi connectivity index (χ0) is 14.7. The topological polar surface area (TPSA) is 101 Å². The van der Waals surface area contributed by atoms with Gasteiger partial charge in [0.25, 0.3) is 5.91 Å². The molecule has 3 N–H and O–H groups in total. The van der Waals surface area contributed by atoms with Crippen molar-refractivity contribution < 1.29 is 19.5 Å². The number of hydrogen-bond donors (Lipinski definition) is 2. The van der Waals surface area contributed by atoms with Gasteiger partial charge in [0.1, 0.15) is 6.04 Å². The first-order valence-electron chi connectivity index (χ1n) is 6.09. The fraction of sp³-hybridized carbons (Fsp3) is 0.308. The summed E-state index contributed by atoms with van der Waals surface area (Å²) in [6, 6.07) is 1.10. The van der Waals surface area contributed by atoms with E-state index >= 15 is 0 Å². The van der Waals surface area contributed by atoms with Crippen molar-refractivity contribution in [3.8, 4) is 0 Å². The third-order valence-corrected chi connectivity index (χ3v) is 4.06. The monoisotopic (exact) mass is 294 g/mol. The predicted molar refractivity (Wildman–Crippen MR) is 74.2 cm³/mol. The fourth-order valence-electron chi connectivity index (χ4n) is 2.22. The van der Waals surface area contributed by atoms with Crippen LogP contribution in [0.5, 0.6) is 0 Å². The summed E-state index contributed by atoms with van der Waals surface area (Å²) < 4.78 is 0. The van der Waals surface area contributed by atoms with E-state index in [1.54, 1.807) is 11.4 Å². The second-order valence-corrected chi connectivity index (χ2v) is 5.35. The number of aliphatic carboxylic acids is 1. The second-order valence-electron chi connectivity index (χ2n) is 4.44. The van der Waals surface area contributed by atoms with Gasteiger partial charge in [0.2, 0.25) is 5.91 Å². The summed E-state index contributed by atoms with van der Waals surface area (Å²) in [7, 11) is 0. The Balaban J connectivity index is 2.23. The van der Waals surface area contributed by atoms with Crippen molar-refractivity contribution in [1.82, 2.24) is 4.90 Å². The van der Waals surface area contributed by atoms with Gasteiger partial charge in [0.15, 0.2) is 0 Å². The average molecular weight is 294 g/mol. The lowest BCUT2D eigenvalue weighted by molar-refractivity contribution is -0.131. The van der Waals surface area contributed by atoms with Crippen LogP contribution in [0.3, 0.4) is 0 Å². The van der Waals surface area contributed by atoms with Gasteiger partial charge in [-0.25, -0.2) is 4.79 Å². The molecule has 1 aliphatic heterocycles. The Labute approximate surface area is 119 Å². The van der Waals surface area contributed by atoms with Crippen molar-refractivity contribution in [3.05, 3.63) is 28.0 Å². The number of thiophene rings is 1. The zero-order valence-corrected chi connectivity index (χ0v) is 11.4. The van der Waals surface area contributed by atoms with Crippen molar-refractivity contribution >= 4 is 35.2 Å². The van der Waals surface area contributed by atoms with Crippen LogP contribution in [0.25, 0.3) is 6.08 Å². The van der Waals surface area contributed by atoms with Crippen LogP contribution in [-0.2, 0) is 9.59 Å². The largest absolute Gasteiger partial charge is 0.478 e. The smallest absolute Gasteiger partial charge is 0.328 e. The van der Waals surface area contributed by atoms with Gasteiger partial charge in [-0.2, -0.15) is 0 Å². The van der Waals surface area contributed by atoms with E-state index in [1.807, 2.05) is 0 Å². The number of carbonyl (C=O) groups excluding carboxylic acids is 2. The minimum absolute atomic E-state index is 0.272. The van der Waals surface area contributed by atoms with Crippen LogP contribution in [0.15, 0.2) is 17.5 Å². The summed E-state index contributed by atoms with van der Waals surface area (Å²) in [5.74, 6) is -1.85. The molecule has 1 aromatic heterocycles. The molecular formula is C13H14N2O4S. The van der Waals surface area contributed by atoms with Gasteiger partial charge in [-0.1, -0.05) is 0 Å². The number of nitrogens with two attached hydrogens (primary N) is 1. The molecule has 0 saturated carbocycles. The van der Waals surface area contributed by atoms with Crippen LogP contribution in [-0.4, -0.2) is 40.4 Å². The highest BCUT2D eigenvalue weighted by Crippen LogP contribution is 2.25. The molecule has 1 fully saturated rings. The third kappa shape index (κ3) is 2.88.